The van der Waals surface area contributed by atoms with Gasteiger partial charge in [0, 0.05) is 0 Å². The van der Waals surface area contributed by atoms with Crippen molar-refractivity contribution in [2.45, 2.75) is 25.2 Å². The maximum atomic E-state index is 5.73. The molecule has 3 aromatic rings. The summed E-state index contributed by atoms with van der Waals surface area (Å²) < 4.78 is 0. The van der Waals surface area contributed by atoms with Crippen LogP contribution in [-0.4, -0.2) is 5.71 Å². The molecular weight excluding hydrogens is 304 g/mol. The zero-order valence-electron chi connectivity index (χ0n) is 14.4. The van der Waals surface area contributed by atoms with Crippen LogP contribution in [0.1, 0.15) is 35.4 Å². The van der Waals surface area contributed by atoms with E-state index in [1.807, 2.05) is 18.2 Å². The van der Waals surface area contributed by atoms with Crippen molar-refractivity contribution >= 4 is 5.71 Å². The van der Waals surface area contributed by atoms with Crippen LogP contribution in [0, 0.1) is 0 Å². The lowest BCUT2D eigenvalue weighted by atomic mass is 9.86. The van der Waals surface area contributed by atoms with E-state index in [4.69, 9.17) is 5.84 Å². The van der Waals surface area contributed by atoms with E-state index < -0.39 is 0 Å². The smallest absolute Gasteiger partial charge is 0.0678 e. The summed E-state index contributed by atoms with van der Waals surface area (Å²) in [7, 11) is 0. The third kappa shape index (κ3) is 4.80. The Balaban J connectivity index is 1.79. The van der Waals surface area contributed by atoms with Crippen molar-refractivity contribution < 1.29 is 0 Å². The Hall–Kier alpha value is -2.87. The number of benzene rings is 3. The monoisotopic (exact) mass is 328 g/mol. The fraction of sp³-hybridized carbons (Fsp3) is 0.174. The summed E-state index contributed by atoms with van der Waals surface area (Å²) in [5.74, 6) is 6.12. The van der Waals surface area contributed by atoms with Crippen LogP contribution in [0.4, 0.5) is 0 Å². The van der Waals surface area contributed by atoms with Gasteiger partial charge in [-0.15, -0.1) is 0 Å². The van der Waals surface area contributed by atoms with Gasteiger partial charge in [-0.05, 0) is 41.9 Å². The number of rotatable bonds is 7. The van der Waals surface area contributed by atoms with Crippen LogP contribution in [0.3, 0.4) is 0 Å². The molecule has 2 nitrogen and oxygen atoms in total. The Morgan fingerprint density at radius 2 is 1.32 bits per heavy atom. The summed E-state index contributed by atoms with van der Waals surface area (Å²) in [5, 5.41) is 4.10. The fourth-order valence-electron chi connectivity index (χ4n) is 3.21. The number of hydrogen-bond acceptors (Lipinski definition) is 2. The molecule has 0 saturated heterocycles. The van der Waals surface area contributed by atoms with Gasteiger partial charge < -0.3 is 5.84 Å². The van der Waals surface area contributed by atoms with Gasteiger partial charge in [0.05, 0.1) is 5.71 Å². The van der Waals surface area contributed by atoms with E-state index in [0.717, 1.165) is 30.5 Å². The molecule has 3 rings (SSSR count). The average Bonchev–Trinajstić information content (AvgIpc) is 2.70. The van der Waals surface area contributed by atoms with E-state index in [1.165, 1.54) is 11.1 Å². The van der Waals surface area contributed by atoms with Crippen molar-refractivity contribution in [3.8, 4) is 0 Å². The predicted molar refractivity (Wildman–Crippen MR) is 106 cm³/mol. The molecule has 0 unspecified atom stereocenters. The Labute approximate surface area is 150 Å². The van der Waals surface area contributed by atoms with Gasteiger partial charge in [-0.1, -0.05) is 91.0 Å². The molecule has 0 fully saturated rings. The highest BCUT2D eigenvalue weighted by Gasteiger charge is 2.16. The molecule has 2 N–H and O–H groups in total. The first-order valence-corrected chi connectivity index (χ1v) is 8.78. The molecule has 126 valence electrons. The molecule has 3 aromatic carbocycles. The predicted octanol–water partition coefficient (Wildman–Crippen LogP) is 5.16. The number of nitrogens with zero attached hydrogens (tertiary/aromatic N) is 1. The molecule has 0 aliphatic rings. The molecule has 0 bridgehead atoms. The van der Waals surface area contributed by atoms with E-state index in [0.29, 0.717) is 5.92 Å². The summed E-state index contributed by atoms with van der Waals surface area (Å²) in [6.07, 6.45) is 2.96. The van der Waals surface area contributed by atoms with Crippen molar-refractivity contribution in [1.82, 2.24) is 0 Å². The van der Waals surface area contributed by atoms with Gasteiger partial charge in [-0.25, -0.2) is 0 Å². The molecule has 0 aliphatic carbocycles. The summed E-state index contributed by atoms with van der Waals surface area (Å²) >= 11 is 0. The molecule has 0 saturated carbocycles. The third-order valence-corrected chi connectivity index (χ3v) is 4.60. The molecule has 0 spiro atoms. The van der Waals surface area contributed by atoms with Gasteiger partial charge in [-0.3, -0.25) is 0 Å². The van der Waals surface area contributed by atoms with Crippen molar-refractivity contribution in [1.29, 1.82) is 0 Å². The standard InChI is InChI=1S/C23H24N2/c24-25-23(21-14-8-3-9-15-21)18-22(20-12-6-2-7-13-20)17-16-19-10-4-1-5-11-19/h1-15,22H,16-18,24H2/t22-/m0/s1. The van der Waals surface area contributed by atoms with Gasteiger partial charge in [0.1, 0.15) is 0 Å². The summed E-state index contributed by atoms with van der Waals surface area (Å²) in [6.45, 7) is 0. The first-order chi connectivity index (χ1) is 12.4. The van der Waals surface area contributed by atoms with Gasteiger partial charge in [0.25, 0.3) is 0 Å². The van der Waals surface area contributed by atoms with Gasteiger partial charge >= 0.3 is 0 Å². The normalized spacial score (nSPS) is 12.7. The van der Waals surface area contributed by atoms with Crippen molar-refractivity contribution in [3.05, 3.63) is 108 Å². The third-order valence-electron chi connectivity index (χ3n) is 4.60. The quantitative estimate of drug-likeness (QED) is 0.363. The average molecular weight is 328 g/mol. The second-order valence-electron chi connectivity index (χ2n) is 6.28. The maximum Gasteiger partial charge on any atom is 0.0678 e. The lowest BCUT2D eigenvalue weighted by Crippen LogP contribution is -2.12. The van der Waals surface area contributed by atoms with Crippen LogP contribution in [0.25, 0.3) is 0 Å². The molecule has 0 radical (unpaired) electrons. The lowest BCUT2D eigenvalue weighted by molar-refractivity contribution is 0.645. The molecular formula is C23H24N2. The van der Waals surface area contributed by atoms with Crippen molar-refractivity contribution in [2.24, 2.45) is 10.9 Å². The van der Waals surface area contributed by atoms with Crippen LogP contribution < -0.4 is 5.84 Å². The Bertz CT molecular complexity index is 780. The number of aryl methyl sites for hydroxylation is 1. The van der Waals surface area contributed by atoms with Crippen LogP contribution >= 0.6 is 0 Å². The Morgan fingerprint density at radius 3 is 1.92 bits per heavy atom. The Morgan fingerprint density at radius 1 is 0.760 bits per heavy atom. The van der Waals surface area contributed by atoms with Gasteiger partial charge in [0.2, 0.25) is 0 Å². The van der Waals surface area contributed by atoms with E-state index in [9.17, 15) is 0 Å². The van der Waals surface area contributed by atoms with Crippen LogP contribution in [0.2, 0.25) is 0 Å². The zero-order chi connectivity index (χ0) is 17.3. The molecule has 0 aliphatic heterocycles. The summed E-state index contributed by atoms with van der Waals surface area (Å²) in [5.41, 5.74) is 4.78. The highest BCUT2D eigenvalue weighted by molar-refractivity contribution is 6.00. The van der Waals surface area contributed by atoms with E-state index in [2.05, 4.69) is 77.9 Å². The van der Waals surface area contributed by atoms with E-state index >= 15 is 0 Å². The van der Waals surface area contributed by atoms with Crippen LogP contribution in [0.15, 0.2) is 96.1 Å². The molecule has 0 heterocycles. The van der Waals surface area contributed by atoms with Crippen LogP contribution in [0.5, 0.6) is 0 Å². The molecule has 1 atom stereocenters. The minimum atomic E-state index is 0.393. The second kappa shape index (κ2) is 8.84. The number of hydrazone groups is 1. The van der Waals surface area contributed by atoms with Crippen LogP contribution in [-0.2, 0) is 6.42 Å². The van der Waals surface area contributed by atoms with Crippen molar-refractivity contribution in [2.75, 3.05) is 0 Å². The van der Waals surface area contributed by atoms with Gasteiger partial charge in [-0.2, -0.15) is 5.10 Å². The topological polar surface area (TPSA) is 38.4 Å². The van der Waals surface area contributed by atoms with Gasteiger partial charge in [0.15, 0.2) is 0 Å². The summed E-state index contributed by atoms with van der Waals surface area (Å²) in [4.78, 5) is 0. The molecule has 0 amide bonds. The number of hydrogen-bond donors (Lipinski definition) is 1. The summed E-state index contributed by atoms with van der Waals surface area (Å²) in [6, 6.07) is 31.5. The SMILES string of the molecule is NN=C(C[C@H](CCc1ccccc1)c1ccccc1)c1ccccc1. The molecule has 0 aromatic heterocycles. The fourth-order valence-corrected chi connectivity index (χ4v) is 3.21. The molecule has 2 heteroatoms. The second-order valence-corrected chi connectivity index (χ2v) is 6.28. The highest BCUT2D eigenvalue weighted by Crippen LogP contribution is 2.27. The molecule has 25 heavy (non-hydrogen) atoms. The lowest BCUT2D eigenvalue weighted by Gasteiger charge is -2.19. The van der Waals surface area contributed by atoms with Crippen molar-refractivity contribution in [3.63, 3.8) is 0 Å². The maximum absolute atomic E-state index is 5.73. The first kappa shape index (κ1) is 17.0. The first-order valence-electron chi connectivity index (χ1n) is 8.78. The zero-order valence-corrected chi connectivity index (χ0v) is 14.4. The minimum absolute atomic E-state index is 0.393. The minimum Gasteiger partial charge on any atom is -0.323 e. The highest BCUT2D eigenvalue weighted by atomic mass is 15.1. The van der Waals surface area contributed by atoms with E-state index in [1.54, 1.807) is 0 Å². The van der Waals surface area contributed by atoms with E-state index in [-0.39, 0.29) is 0 Å². The largest absolute Gasteiger partial charge is 0.323 e. The Kier molecular flexibility index (Phi) is 6.00. The number of nitrogens with two attached hydrogens (primary N) is 1.